The van der Waals surface area contributed by atoms with Crippen LogP contribution in [0.25, 0.3) is 22.0 Å². The van der Waals surface area contributed by atoms with Gasteiger partial charge >= 0.3 is 0 Å². The molecule has 4 rings (SSSR count). The second-order valence-electron chi connectivity index (χ2n) is 5.50. The molecule has 0 amide bonds. The molecule has 0 spiro atoms. The third-order valence-electron chi connectivity index (χ3n) is 3.91. The molecule has 0 aliphatic heterocycles. The van der Waals surface area contributed by atoms with Gasteiger partial charge in [0.2, 0.25) is 0 Å². The van der Waals surface area contributed by atoms with Crippen molar-refractivity contribution in [3.63, 3.8) is 0 Å². The fourth-order valence-electron chi connectivity index (χ4n) is 2.64. The number of nitrogens with one attached hydrogen (secondary N) is 1. The van der Waals surface area contributed by atoms with Crippen molar-refractivity contribution in [3.05, 3.63) is 90.6 Å². The standard InChI is InChI=1S/C21H16NO/c1-2-4-16(5-3-1)15-23-20-10-8-17(9-11-20)19-7-6-18-12-13-22-21(18)14-19/h1-10,12-14,22H,15H2. The summed E-state index contributed by atoms with van der Waals surface area (Å²) in [4.78, 5) is 3.24. The number of fused-ring (bicyclic) bond motifs is 1. The Hall–Kier alpha value is -3.00. The van der Waals surface area contributed by atoms with E-state index >= 15 is 0 Å². The van der Waals surface area contributed by atoms with Crippen molar-refractivity contribution in [2.24, 2.45) is 0 Å². The van der Waals surface area contributed by atoms with E-state index in [-0.39, 0.29) is 0 Å². The van der Waals surface area contributed by atoms with Crippen LogP contribution in [0.15, 0.2) is 79.0 Å². The molecule has 1 aromatic heterocycles. The lowest BCUT2D eigenvalue weighted by atomic mass is 10.0. The smallest absolute Gasteiger partial charge is 0.127 e. The SMILES string of the molecule is [c]1cc(-c2ccc3cc[nH]c3c2)ccc1OCc1ccccc1. The Kier molecular flexibility index (Phi) is 3.57. The van der Waals surface area contributed by atoms with Crippen LogP contribution in [0.4, 0.5) is 0 Å². The van der Waals surface area contributed by atoms with Crippen molar-refractivity contribution in [1.82, 2.24) is 4.98 Å². The van der Waals surface area contributed by atoms with Gasteiger partial charge in [0.1, 0.15) is 12.4 Å². The van der Waals surface area contributed by atoms with E-state index in [9.17, 15) is 0 Å². The summed E-state index contributed by atoms with van der Waals surface area (Å²) in [6.07, 6.45) is 1.96. The van der Waals surface area contributed by atoms with Crippen LogP contribution < -0.4 is 4.74 Å². The highest BCUT2D eigenvalue weighted by molar-refractivity contribution is 5.84. The van der Waals surface area contributed by atoms with Gasteiger partial charge in [-0.1, -0.05) is 48.5 Å². The molecule has 0 aliphatic rings. The second-order valence-corrected chi connectivity index (χ2v) is 5.50. The molecule has 23 heavy (non-hydrogen) atoms. The molecule has 2 heteroatoms. The zero-order chi connectivity index (χ0) is 15.5. The predicted molar refractivity (Wildman–Crippen MR) is 93.3 cm³/mol. The number of hydrogen-bond donors (Lipinski definition) is 1. The van der Waals surface area contributed by atoms with Crippen molar-refractivity contribution in [1.29, 1.82) is 0 Å². The highest BCUT2D eigenvalue weighted by Crippen LogP contribution is 2.25. The third-order valence-corrected chi connectivity index (χ3v) is 3.91. The van der Waals surface area contributed by atoms with Gasteiger partial charge in [-0.15, -0.1) is 0 Å². The monoisotopic (exact) mass is 298 g/mol. The highest BCUT2D eigenvalue weighted by atomic mass is 16.5. The molecule has 3 aromatic carbocycles. The molecule has 4 aromatic rings. The van der Waals surface area contributed by atoms with Crippen LogP contribution in [0.5, 0.6) is 5.75 Å². The first-order valence-electron chi connectivity index (χ1n) is 7.64. The number of aromatic amines is 1. The lowest BCUT2D eigenvalue weighted by Crippen LogP contribution is -1.94. The zero-order valence-corrected chi connectivity index (χ0v) is 12.6. The lowest BCUT2D eigenvalue weighted by molar-refractivity contribution is 0.305. The molecule has 0 saturated carbocycles. The van der Waals surface area contributed by atoms with Gasteiger partial charge in [0, 0.05) is 17.8 Å². The van der Waals surface area contributed by atoms with Gasteiger partial charge in [-0.3, -0.25) is 0 Å². The van der Waals surface area contributed by atoms with Crippen LogP contribution in [-0.2, 0) is 6.61 Å². The fraction of sp³-hybridized carbons (Fsp3) is 0.0476. The van der Waals surface area contributed by atoms with Gasteiger partial charge in [0.25, 0.3) is 0 Å². The molecule has 0 aliphatic carbocycles. The molecule has 0 saturated heterocycles. The van der Waals surface area contributed by atoms with Crippen LogP contribution in [-0.4, -0.2) is 4.98 Å². The average molecular weight is 298 g/mol. The average Bonchev–Trinajstić information content (AvgIpc) is 3.09. The van der Waals surface area contributed by atoms with Crippen molar-refractivity contribution >= 4 is 10.9 Å². The molecule has 1 N–H and O–H groups in total. The summed E-state index contributed by atoms with van der Waals surface area (Å²) >= 11 is 0. The maximum absolute atomic E-state index is 5.78. The van der Waals surface area contributed by atoms with Crippen molar-refractivity contribution in [2.45, 2.75) is 6.61 Å². The normalized spacial score (nSPS) is 10.8. The summed E-state index contributed by atoms with van der Waals surface area (Å²) in [5.41, 5.74) is 4.61. The number of H-pyrrole nitrogens is 1. The summed E-state index contributed by atoms with van der Waals surface area (Å²) < 4.78 is 5.78. The minimum Gasteiger partial charge on any atom is -0.488 e. The Balaban J connectivity index is 1.51. The molecule has 0 bridgehead atoms. The van der Waals surface area contributed by atoms with Gasteiger partial charge in [-0.05, 0) is 46.3 Å². The number of benzene rings is 3. The largest absolute Gasteiger partial charge is 0.488 e. The molecule has 0 atom stereocenters. The fourth-order valence-corrected chi connectivity index (χ4v) is 2.64. The number of rotatable bonds is 4. The molecule has 2 nitrogen and oxygen atoms in total. The van der Waals surface area contributed by atoms with E-state index in [1.54, 1.807) is 0 Å². The summed E-state index contributed by atoms with van der Waals surface area (Å²) in [6.45, 7) is 0.561. The van der Waals surface area contributed by atoms with Gasteiger partial charge in [0.05, 0.1) is 0 Å². The topological polar surface area (TPSA) is 25.0 Å². The summed E-state index contributed by atoms with van der Waals surface area (Å²) in [5, 5.41) is 1.22. The number of hydrogen-bond acceptors (Lipinski definition) is 1. The maximum Gasteiger partial charge on any atom is 0.127 e. The first-order chi connectivity index (χ1) is 11.4. The van der Waals surface area contributed by atoms with Gasteiger partial charge in [-0.2, -0.15) is 0 Å². The molecule has 0 fully saturated rings. The quantitative estimate of drug-likeness (QED) is 0.549. The van der Waals surface area contributed by atoms with Gasteiger partial charge < -0.3 is 9.72 Å². The predicted octanol–water partition coefficient (Wildman–Crippen LogP) is 5.21. The Labute approximate surface area is 135 Å². The van der Waals surface area contributed by atoms with Crippen molar-refractivity contribution in [2.75, 3.05) is 0 Å². The Bertz CT molecular complexity index is 907. The van der Waals surface area contributed by atoms with Crippen molar-refractivity contribution in [3.8, 4) is 16.9 Å². The van der Waals surface area contributed by atoms with Crippen molar-refractivity contribution < 1.29 is 4.74 Å². The summed E-state index contributed by atoms with van der Waals surface area (Å²) in [7, 11) is 0. The third kappa shape index (κ3) is 2.97. The highest BCUT2D eigenvalue weighted by Gasteiger charge is 2.02. The first-order valence-corrected chi connectivity index (χ1v) is 7.64. The van der Waals surface area contributed by atoms with Gasteiger partial charge in [0.15, 0.2) is 0 Å². The van der Waals surface area contributed by atoms with E-state index in [1.165, 1.54) is 10.9 Å². The molecule has 111 valence electrons. The maximum atomic E-state index is 5.78. The number of ether oxygens (including phenoxy) is 1. The number of aromatic nitrogens is 1. The Morgan fingerprint density at radius 3 is 2.57 bits per heavy atom. The van der Waals surface area contributed by atoms with Gasteiger partial charge in [-0.25, -0.2) is 0 Å². The van der Waals surface area contributed by atoms with E-state index in [2.05, 4.69) is 53.5 Å². The Morgan fingerprint density at radius 2 is 1.74 bits per heavy atom. The van der Waals surface area contributed by atoms with Crippen LogP contribution in [0.2, 0.25) is 0 Å². The van der Waals surface area contributed by atoms with E-state index in [1.807, 2.05) is 36.5 Å². The first kappa shape index (κ1) is 13.6. The molecule has 1 heterocycles. The van der Waals surface area contributed by atoms with Crippen LogP contribution in [0.3, 0.4) is 0 Å². The van der Waals surface area contributed by atoms with E-state index in [4.69, 9.17) is 4.74 Å². The second kappa shape index (κ2) is 6.01. The summed E-state index contributed by atoms with van der Waals surface area (Å²) in [6, 6.07) is 27.9. The van der Waals surface area contributed by atoms with Crippen LogP contribution >= 0.6 is 0 Å². The summed E-state index contributed by atoms with van der Waals surface area (Å²) in [5.74, 6) is 0.763. The van der Waals surface area contributed by atoms with E-state index < -0.39 is 0 Å². The molecule has 0 unspecified atom stereocenters. The van der Waals surface area contributed by atoms with Crippen LogP contribution in [0, 0.1) is 6.07 Å². The van der Waals surface area contributed by atoms with Crippen LogP contribution in [0.1, 0.15) is 5.56 Å². The zero-order valence-electron chi connectivity index (χ0n) is 12.6. The minimum atomic E-state index is 0.561. The lowest BCUT2D eigenvalue weighted by Gasteiger charge is -2.07. The minimum absolute atomic E-state index is 0.561. The Morgan fingerprint density at radius 1 is 0.870 bits per heavy atom. The molecular weight excluding hydrogens is 282 g/mol. The van der Waals surface area contributed by atoms with E-state index in [0.29, 0.717) is 6.61 Å². The molecule has 1 radical (unpaired) electrons. The van der Waals surface area contributed by atoms with E-state index in [0.717, 1.165) is 22.4 Å². The molecular formula is C21H16NO.